The summed E-state index contributed by atoms with van der Waals surface area (Å²) in [5, 5.41) is 13.4. The van der Waals surface area contributed by atoms with Gasteiger partial charge in [-0.1, -0.05) is 33.6 Å². The molecule has 1 heterocycles. The van der Waals surface area contributed by atoms with Crippen molar-refractivity contribution >= 4 is 5.91 Å². The minimum Gasteiger partial charge on any atom is -0.391 e. The van der Waals surface area contributed by atoms with Crippen LogP contribution in [0.2, 0.25) is 0 Å². The summed E-state index contributed by atoms with van der Waals surface area (Å²) in [5.74, 6) is 0.211. The van der Waals surface area contributed by atoms with E-state index in [0.717, 1.165) is 52.1 Å². The maximum absolute atomic E-state index is 12.0. The highest BCUT2D eigenvalue weighted by Gasteiger charge is 2.26. The molecule has 0 aromatic rings. The van der Waals surface area contributed by atoms with Gasteiger partial charge in [0.1, 0.15) is 0 Å². The Balaban J connectivity index is 1.60. The fourth-order valence-electron chi connectivity index (χ4n) is 3.34. The van der Waals surface area contributed by atoms with Crippen LogP contribution in [0.4, 0.5) is 0 Å². The third-order valence-corrected chi connectivity index (χ3v) is 5.27. The van der Waals surface area contributed by atoms with Crippen LogP contribution in [0.1, 0.15) is 52.9 Å². The summed E-state index contributed by atoms with van der Waals surface area (Å²) < 4.78 is 0. The van der Waals surface area contributed by atoms with Gasteiger partial charge < -0.3 is 15.3 Å². The average Bonchev–Trinajstić information content (AvgIpc) is 2.98. The molecule has 0 spiro atoms. The van der Waals surface area contributed by atoms with Gasteiger partial charge in [-0.3, -0.25) is 9.69 Å². The summed E-state index contributed by atoms with van der Waals surface area (Å²) in [7, 11) is 0. The van der Waals surface area contributed by atoms with Crippen LogP contribution in [0.25, 0.3) is 0 Å². The van der Waals surface area contributed by atoms with Crippen LogP contribution in [0, 0.1) is 5.41 Å². The quantitative estimate of drug-likeness (QED) is 0.776. The van der Waals surface area contributed by atoms with Gasteiger partial charge in [-0.2, -0.15) is 0 Å². The number of carbonyl (C=O) groups is 1. The number of rotatable bonds is 6. The molecule has 2 N–H and O–H groups in total. The number of aliphatic hydroxyl groups excluding tert-OH is 1. The zero-order chi connectivity index (χ0) is 16.9. The number of nitrogens with one attached hydrogen (secondary N) is 1. The predicted octanol–water partition coefficient (Wildman–Crippen LogP) is 1.46. The molecule has 134 valence electrons. The van der Waals surface area contributed by atoms with Crippen molar-refractivity contribution in [2.45, 2.75) is 65.0 Å². The minimum absolute atomic E-state index is 0.0601. The van der Waals surface area contributed by atoms with Gasteiger partial charge in [0.2, 0.25) is 5.91 Å². The van der Waals surface area contributed by atoms with Crippen molar-refractivity contribution in [3.63, 3.8) is 0 Å². The Morgan fingerprint density at radius 2 is 1.70 bits per heavy atom. The third-order valence-electron chi connectivity index (χ3n) is 5.27. The first-order valence-electron chi connectivity index (χ1n) is 9.27. The largest absolute Gasteiger partial charge is 0.391 e. The molecule has 0 aromatic heterocycles. The second kappa shape index (κ2) is 8.45. The normalized spacial score (nSPS) is 23.1. The van der Waals surface area contributed by atoms with E-state index in [0.29, 0.717) is 12.5 Å². The number of aliphatic hydroxyl groups is 1. The highest BCUT2D eigenvalue weighted by molar-refractivity contribution is 5.76. The van der Waals surface area contributed by atoms with Gasteiger partial charge >= 0.3 is 0 Å². The zero-order valence-electron chi connectivity index (χ0n) is 15.2. The second-order valence-electron chi connectivity index (χ2n) is 8.32. The lowest BCUT2D eigenvalue weighted by atomic mass is 9.89. The highest BCUT2D eigenvalue weighted by atomic mass is 16.3. The summed E-state index contributed by atoms with van der Waals surface area (Å²) in [6.45, 7) is 11.8. The van der Waals surface area contributed by atoms with E-state index in [1.165, 1.54) is 12.8 Å². The lowest BCUT2D eigenvalue weighted by Crippen LogP contribution is -2.50. The monoisotopic (exact) mass is 325 g/mol. The van der Waals surface area contributed by atoms with Crippen molar-refractivity contribution in [3.05, 3.63) is 0 Å². The summed E-state index contributed by atoms with van der Waals surface area (Å²) in [4.78, 5) is 16.7. The predicted molar refractivity (Wildman–Crippen MR) is 93.4 cm³/mol. The molecule has 23 heavy (non-hydrogen) atoms. The standard InChI is InChI=1S/C18H35N3O2/c1-18(2,3)16(22)14-21-12-10-20(11-13-21)9-8-17(23)19-15-6-4-5-7-15/h15-16,22H,4-14H2,1-3H3,(H,19,23)/t16-/m1/s1. The summed E-state index contributed by atoms with van der Waals surface area (Å²) in [6.07, 6.45) is 5.15. The van der Waals surface area contributed by atoms with E-state index >= 15 is 0 Å². The molecule has 5 nitrogen and oxygen atoms in total. The van der Waals surface area contributed by atoms with Crippen LogP contribution in [0.15, 0.2) is 0 Å². The fourth-order valence-corrected chi connectivity index (χ4v) is 3.34. The van der Waals surface area contributed by atoms with Gasteiger partial charge in [-0.05, 0) is 18.3 Å². The molecule has 0 bridgehead atoms. The second-order valence-corrected chi connectivity index (χ2v) is 8.32. The average molecular weight is 325 g/mol. The van der Waals surface area contributed by atoms with Gasteiger partial charge in [0.15, 0.2) is 0 Å². The SMILES string of the molecule is CC(C)(C)[C@H](O)CN1CCN(CCC(=O)NC2CCCC2)CC1. The Kier molecular flexibility index (Phi) is 6.86. The van der Waals surface area contributed by atoms with Crippen LogP contribution in [0.3, 0.4) is 0 Å². The maximum atomic E-state index is 12.0. The molecule has 2 aliphatic rings. The minimum atomic E-state index is -0.286. The Bertz CT molecular complexity index is 367. The number of β-amino-alcohol motifs (C(OH)–C–C–N with tert-alkyl or cyclic N) is 1. The van der Waals surface area contributed by atoms with E-state index in [-0.39, 0.29) is 17.4 Å². The molecule has 1 amide bonds. The molecule has 1 atom stereocenters. The molecule has 1 saturated heterocycles. The van der Waals surface area contributed by atoms with Crippen molar-refractivity contribution < 1.29 is 9.90 Å². The van der Waals surface area contributed by atoms with Crippen LogP contribution in [-0.4, -0.2) is 72.2 Å². The molecule has 1 saturated carbocycles. The Hall–Kier alpha value is -0.650. The first-order chi connectivity index (χ1) is 10.8. The Labute approximate surface area is 141 Å². The first kappa shape index (κ1) is 18.7. The summed E-state index contributed by atoms with van der Waals surface area (Å²) >= 11 is 0. The first-order valence-corrected chi connectivity index (χ1v) is 9.27. The van der Waals surface area contributed by atoms with E-state index in [1.807, 2.05) is 0 Å². The van der Waals surface area contributed by atoms with Gasteiger partial charge in [0, 0.05) is 51.7 Å². The number of hydrogen-bond acceptors (Lipinski definition) is 4. The van der Waals surface area contributed by atoms with E-state index in [2.05, 4.69) is 35.9 Å². The number of carbonyl (C=O) groups excluding carboxylic acids is 1. The number of piperazine rings is 1. The fraction of sp³-hybridized carbons (Fsp3) is 0.944. The number of hydrogen-bond donors (Lipinski definition) is 2. The Morgan fingerprint density at radius 3 is 2.26 bits per heavy atom. The zero-order valence-corrected chi connectivity index (χ0v) is 15.2. The maximum Gasteiger partial charge on any atom is 0.221 e. The highest BCUT2D eigenvalue weighted by Crippen LogP contribution is 2.20. The molecule has 1 aliphatic heterocycles. The summed E-state index contributed by atoms with van der Waals surface area (Å²) in [5.41, 5.74) is -0.0601. The molecular weight excluding hydrogens is 290 g/mol. The topological polar surface area (TPSA) is 55.8 Å². The third kappa shape index (κ3) is 6.40. The molecule has 0 unspecified atom stereocenters. The smallest absolute Gasteiger partial charge is 0.221 e. The molecule has 0 radical (unpaired) electrons. The van der Waals surface area contributed by atoms with E-state index in [9.17, 15) is 9.90 Å². The number of amides is 1. The van der Waals surface area contributed by atoms with Gasteiger partial charge in [0.25, 0.3) is 0 Å². The molecule has 1 aliphatic carbocycles. The molecule has 2 fully saturated rings. The van der Waals surface area contributed by atoms with Crippen LogP contribution < -0.4 is 5.32 Å². The van der Waals surface area contributed by atoms with Crippen LogP contribution >= 0.6 is 0 Å². The van der Waals surface area contributed by atoms with E-state index < -0.39 is 0 Å². The van der Waals surface area contributed by atoms with Crippen molar-refractivity contribution in [2.24, 2.45) is 5.41 Å². The van der Waals surface area contributed by atoms with Crippen LogP contribution in [-0.2, 0) is 4.79 Å². The lowest BCUT2D eigenvalue weighted by molar-refractivity contribution is -0.122. The molecule has 2 rings (SSSR count). The van der Waals surface area contributed by atoms with Gasteiger partial charge in [-0.15, -0.1) is 0 Å². The molecule has 5 heteroatoms. The lowest BCUT2D eigenvalue weighted by Gasteiger charge is -2.37. The number of nitrogens with zero attached hydrogens (tertiary/aromatic N) is 2. The van der Waals surface area contributed by atoms with Crippen molar-refractivity contribution in [2.75, 3.05) is 39.3 Å². The van der Waals surface area contributed by atoms with Crippen molar-refractivity contribution in [1.29, 1.82) is 0 Å². The van der Waals surface area contributed by atoms with Crippen molar-refractivity contribution in [3.8, 4) is 0 Å². The van der Waals surface area contributed by atoms with Crippen molar-refractivity contribution in [1.82, 2.24) is 15.1 Å². The van der Waals surface area contributed by atoms with E-state index in [4.69, 9.17) is 0 Å². The van der Waals surface area contributed by atoms with Crippen LogP contribution in [0.5, 0.6) is 0 Å². The van der Waals surface area contributed by atoms with E-state index in [1.54, 1.807) is 0 Å². The Morgan fingerprint density at radius 1 is 1.13 bits per heavy atom. The van der Waals surface area contributed by atoms with Gasteiger partial charge in [0.05, 0.1) is 6.10 Å². The summed E-state index contributed by atoms with van der Waals surface area (Å²) in [6, 6.07) is 0.429. The molecule has 0 aromatic carbocycles. The molecular formula is C18H35N3O2. The van der Waals surface area contributed by atoms with Gasteiger partial charge in [-0.25, -0.2) is 0 Å².